The lowest BCUT2D eigenvalue weighted by molar-refractivity contribution is -0.129. The number of carbonyl (C=O) groups excluding carboxylic acids is 2. The second kappa shape index (κ2) is 7.27. The van der Waals surface area contributed by atoms with E-state index in [2.05, 4.69) is 27.2 Å². The number of halogens is 2. The quantitative estimate of drug-likeness (QED) is 0.833. The fraction of sp³-hybridized carbons (Fsp3) is 0.333. The van der Waals surface area contributed by atoms with Gasteiger partial charge < -0.3 is 10.1 Å². The Morgan fingerprint density at radius 2 is 2.27 bits per heavy atom. The topological polar surface area (TPSA) is 58.6 Å². The molecule has 1 aromatic rings. The lowest BCUT2D eigenvalue weighted by Crippen LogP contribution is -2.42. The molecule has 1 heterocycles. The molecule has 1 saturated heterocycles. The summed E-state index contributed by atoms with van der Waals surface area (Å²) < 4.78 is 19.6. The van der Waals surface area contributed by atoms with Gasteiger partial charge in [-0.15, -0.1) is 6.42 Å². The summed E-state index contributed by atoms with van der Waals surface area (Å²) in [5, 5.41) is 2.39. The molecule has 1 aliphatic heterocycles. The van der Waals surface area contributed by atoms with E-state index < -0.39 is 11.8 Å². The Kier molecular flexibility index (Phi) is 5.39. The molecule has 2 rings (SSSR count). The Balaban J connectivity index is 2.16. The van der Waals surface area contributed by atoms with Crippen molar-refractivity contribution < 1.29 is 18.7 Å². The summed E-state index contributed by atoms with van der Waals surface area (Å²) in [7, 11) is 0. The van der Waals surface area contributed by atoms with Crippen LogP contribution >= 0.6 is 15.9 Å². The average molecular weight is 369 g/mol. The van der Waals surface area contributed by atoms with E-state index in [1.165, 1.54) is 12.1 Å². The van der Waals surface area contributed by atoms with Gasteiger partial charge in [0.05, 0.1) is 10.2 Å². The number of likely N-dealkylation sites (tertiary alicyclic amines) is 1. The molecule has 0 saturated carbocycles. The number of hydrogen-bond acceptors (Lipinski definition) is 3. The highest BCUT2D eigenvalue weighted by atomic mass is 79.9. The monoisotopic (exact) mass is 368 g/mol. The third kappa shape index (κ3) is 3.77. The standard InChI is InChI=1S/C15H14BrFN2O3/c1-2-7-22-13-9-12(11(17)8-10(13)16)18-15(21)19-6-4-3-5-14(19)20/h1,8-9H,3-7H2,(H,18,21). The predicted octanol–water partition coefficient (Wildman–Crippen LogP) is 3.14. The molecule has 0 aromatic heterocycles. The summed E-state index contributed by atoms with van der Waals surface area (Å²) in [6.45, 7) is 0.353. The van der Waals surface area contributed by atoms with Gasteiger partial charge in [-0.2, -0.15) is 0 Å². The van der Waals surface area contributed by atoms with E-state index in [1.807, 2.05) is 0 Å². The van der Waals surface area contributed by atoms with Gasteiger partial charge in [-0.1, -0.05) is 5.92 Å². The van der Waals surface area contributed by atoms with Gasteiger partial charge in [-0.25, -0.2) is 9.18 Å². The molecule has 0 atom stereocenters. The Hall–Kier alpha value is -2.07. The van der Waals surface area contributed by atoms with Crippen molar-refractivity contribution >= 4 is 33.6 Å². The summed E-state index contributed by atoms with van der Waals surface area (Å²) in [6.07, 6.45) is 6.95. The summed E-state index contributed by atoms with van der Waals surface area (Å²) in [6, 6.07) is 1.84. The molecule has 1 N–H and O–H groups in total. The van der Waals surface area contributed by atoms with Crippen LogP contribution in [-0.2, 0) is 4.79 Å². The lowest BCUT2D eigenvalue weighted by atomic mass is 10.1. The Morgan fingerprint density at radius 3 is 2.95 bits per heavy atom. The van der Waals surface area contributed by atoms with Gasteiger partial charge in [-0.3, -0.25) is 9.69 Å². The van der Waals surface area contributed by atoms with Gasteiger partial charge in [0.2, 0.25) is 5.91 Å². The molecule has 22 heavy (non-hydrogen) atoms. The van der Waals surface area contributed by atoms with Crippen molar-refractivity contribution in [3.05, 3.63) is 22.4 Å². The summed E-state index contributed by atoms with van der Waals surface area (Å²) in [5.74, 6) is 1.70. The van der Waals surface area contributed by atoms with E-state index in [4.69, 9.17) is 11.2 Å². The number of nitrogens with one attached hydrogen (secondary N) is 1. The molecule has 7 heteroatoms. The summed E-state index contributed by atoms with van der Waals surface area (Å²) in [5.41, 5.74) is -0.0707. The van der Waals surface area contributed by atoms with E-state index in [9.17, 15) is 14.0 Å². The molecule has 0 bridgehead atoms. The number of benzene rings is 1. The van der Waals surface area contributed by atoms with E-state index >= 15 is 0 Å². The highest BCUT2D eigenvalue weighted by Crippen LogP contribution is 2.31. The van der Waals surface area contributed by atoms with Crippen molar-refractivity contribution in [1.82, 2.24) is 4.90 Å². The zero-order valence-electron chi connectivity index (χ0n) is 11.7. The van der Waals surface area contributed by atoms with Crippen LogP contribution in [0.15, 0.2) is 16.6 Å². The maximum atomic E-state index is 13.9. The molecule has 0 aliphatic carbocycles. The fourth-order valence-corrected chi connectivity index (χ4v) is 2.49. The van der Waals surface area contributed by atoms with Crippen LogP contribution in [0.1, 0.15) is 19.3 Å². The maximum absolute atomic E-state index is 13.9. The van der Waals surface area contributed by atoms with Gasteiger partial charge in [0.25, 0.3) is 0 Å². The Morgan fingerprint density at radius 1 is 1.50 bits per heavy atom. The average Bonchev–Trinajstić information content (AvgIpc) is 2.49. The number of urea groups is 1. The normalized spacial score (nSPS) is 14.4. The number of terminal acetylenes is 1. The number of nitrogens with zero attached hydrogens (tertiary/aromatic N) is 1. The second-order valence-electron chi connectivity index (χ2n) is 4.69. The SMILES string of the molecule is C#CCOc1cc(NC(=O)N2CCCCC2=O)c(F)cc1Br. The fourth-order valence-electron chi connectivity index (χ4n) is 2.06. The maximum Gasteiger partial charge on any atom is 0.328 e. The Labute approximate surface area is 135 Å². The number of carbonyl (C=O) groups is 2. The van der Waals surface area contributed by atoms with Gasteiger partial charge in [0.15, 0.2) is 0 Å². The molecule has 1 aliphatic rings. The summed E-state index contributed by atoms with van der Waals surface area (Å²) >= 11 is 3.15. The molecule has 0 unspecified atom stereocenters. The minimum absolute atomic E-state index is 0.0161. The zero-order valence-corrected chi connectivity index (χ0v) is 13.3. The largest absolute Gasteiger partial charge is 0.480 e. The van der Waals surface area contributed by atoms with Crippen molar-refractivity contribution in [2.24, 2.45) is 0 Å². The lowest BCUT2D eigenvalue weighted by Gasteiger charge is -2.25. The van der Waals surface area contributed by atoms with E-state index in [0.29, 0.717) is 23.2 Å². The van der Waals surface area contributed by atoms with Gasteiger partial charge in [0.1, 0.15) is 18.2 Å². The molecule has 1 fully saturated rings. The van der Waals surface area contributed by atoms with Crippen molar-refractivity contribution in [2.75, 3.05) is 18.5 Å². The van der Waals surface area contributed by atoms with Crippen LogP contribution in [0.2, 0.25) is 0 Å². The molecule has 3 amide bonds. The third-order valence-electron chi connectivity index (χ3n) is 3.14. The first-order chi connectivity index (χ1) is 10.5. The summed E-state index contributed by atoms with van der Waals surface area (Å²) in [4.78, 5) is 24.9. The first-order valence-corrected chi connectivity index (χ1v) is 7.49. The van der Waals surface area contributed by atoms with Crippen LogP contribution in [0.5, 0.6) is 5.75 Å². The predicted molar refractivity (Wildman–Crippen MR) is 83.0 cm³/mol. The number of rotatable bonds is 3. The van der Waals surface area contributed by atoms with Gasteiger partial charge >= 0.3 is 6.03 Å². The number of ether oxygens (including phenoxy) is 1. The van der Waals surface area contributed by atoms with Crippen LogP contribution in [-0.4, -0.2) is 30.0 Å². The van der Waals surface area contributed by atoms with Gasteiger partial charge in [-0.05, 0) is 34.8 Å². The van der Waals surface area contributed by atoms with Crippen LogP contribution in [0, 0.1) is 18.2 Å². The van der Waals surface area contributed by atoms with Gasteiger partial charge in [0, 0.05) is 19.0 Å². The first-order valence-electron chi connectivity index (χ1n) is 6.69. The molecule has 0 spiro atoms. The number of hydrogen-bond donors (Lipinski definition) is 1. The molecule has 5 nitrogen and oxygen atoms in total. The Bertz CT molecular complexity index is 642. The number of amides is 3. The number of anilines is 1. The molecular weight excluding hydrogens is 355 g/mol. The smallest absolute Gasteiger partial charge is 0.328 e. The number of imide groups is 1. The first kappa shape index (κ1) is 16.3. The highest BCUT2D eigenvalue weighted by Gasteiger charge is 2.25. The van der Waals surface area contributed by atoms with Crippen LogP contribution in [0.4, 0.5) is 14.9 Å². The van der Waals surface area contributed by atoms with Crippen molar-refractivity contribution in [3.63, 3.8) is 0 Å². The second-order valence-corrected chi connectivity index (χ2v) is 5.54. The van der Waals surface area contributed by atoms with E-state index in [1.54, 1.807) is 0 Å². The van der Waals surface area contributed by atoms with E-state index in [-0.39, 0.29) is 18.2 Å². The van der Waals surface area contributed by atoms with Crippen molar-refractivity contribution in [3.8, 4) is 18.1 Å². The molecule has 1 aromatic carbocycles. The van der Waals surface area contributed by atoms with E-state index in [0.717, 1.165) is 17.7 Å². The third-order valence-corrected chi connectivity index (χ3v) is 3.76. The molecular formula is C15H14BrFN2O3. The van der Waals surface area contributed by atoms with Crippen molar-refractivity contribution in [2.45, 2.75) is 19.3 Å². The van der Waals surface area contributed by atoms with Crippen LogP contribution in [0.3, 0.4) is 0 Å². The molecule has 0 radical (unpaired) electrons. The van der Waals surface area contributed by atoms with Crippen LogP contribution < -0.4 is 10.1 Å². The van der Waals surface area contributed by atoms with Crippen LogP contribution in [0.25, 0.3) is 0 Å². The zero-order chi connectivity index (χ0) is 16.1. The highest BCUT2D eigenvalue weighted by molar-refractivity contribution is 9.10. The minimum Gasteiger partial charge on any atom is -0.480 e. The molecule has 116 valence electrons. The number of piperidine rings is 1. The van der Waals surface area contributed by atoms with Crippen molar-refractivity contribution in [1.29, 1.82) is 0 Å². The minimum atomic E-state index is -0.645.